The number of phosphoric ester groups is 1. The molecule has 0 radical (unpaired) electrons. The van der Waals surface area contributed by atoms with Crippen LogP contribution in [0.5, 0.6) is 0 Å². The number of hydrogen-bond donors (Lipinski definition) is 6. The molecule has 50 heavy (non-hydrogen) atoms. The standard InChI is InChI=1S/C30H42N7O12P/c1-20-34-27-26(29(40)35-20)36-23(19-33-27)18-32-22-6-4-21(5-7-22)28(39)37-24(30(41)42)8-9-25(38)31-10-3-11-46-12-13-47-14-15-48-16-17-49-50(43,44)45-2/h4-7,19,24,32H,3,8-18H2,1-2H3,(H,31,38)(H,37,39)(H,41,42)(H,43,44)(H,33,34,35,40). The quantitative estimate of drug-likeness (QED) is 0.0554. The van der Waals surface area contributed by atoms with Crippen LogP contribution in [0.15, 0.2) is 35.3 Å². The number of H-pyrrole nitrogens is 1. The van der Waals surface area contributed by atoms with E-state index in [-0.39, 0.29) is 67.4 Å². The molecule has 0 aliphatic carbocycles. The number of benzene rings is 1. The van der Waals surface area contributed by atoms with Crippen LogP contribution in [0.3, 0.4) is 0 Å². The minimum absolute atomic E-state index is 0.0933. The molecule has 3 aromatic rings. The molecule has 19 nitrogen and oxygen atoms in total. The van der Waals surface area contributed by atoms with E-state index in [1.807, 2.05) is 0 Å². The molecule has 2 heterocycles. The van der Waals surface area contributed by atoms with E-state index in [0.717, 1.165) is 7.11 Å². The van der Waals surface area contributed by atoms with Gasteiger partial charge in [-0.25, -0.2) is 24.3 Å². The minimum Gasteiger partial charge on any atom is -0.480 e. The number of ether oxygens (including phenoxy) is 3. The molecule has 0 spiro atoms. The highest BCUT2D eigenvalue weighted by Gasteiger charge is 2.22. The van der Waals surface area contributed by atoms with Crippen molar-refractivity contribution in [3.63, 3.8) is 0 Å². The average Bonchev–Trinajstić information content (AvgIpc) is 3.09. The molecule has 0 aliphatic heterocycles. The molecule has 274 valence electrons. The fourth-order valence-corrected chi connectivity index (χ4v) is 4.56. The van der Waals surface area contributed by atoms with E-state index in [4.69, 9.17) is 19.1 Å². The molecule has 6 N–H and O–H groups in total. The number of carbonyl (C=O) groups excluding carboxylic acids is 2. The number of nitrogens with one attached hydrogen (secondary N) is 4. The molecule has 2 aromatic heterocycles. The number of hydrogen-bond acceptors (Lipinski definition) is 14. The summed E-state index contributed by atoms with van der Waals surface area (Å²) >= 11 is 0. The summed E-state index contributed by atoms with van der Waals surface area (Å²) in [5.41, 5.74) is 1.38. The molecule has 2 atom stereocenters. The number of carboxylic acids is 1. The van der Waals surface area contributed by atoms with Crippen LogP contribution in [0.2, 0.25) is 0 Å². The SMILES string of the molecule is COP(=O)(O)OCCOCCOCCOCCCNC(=O)CCC(NC(=O)c1ccc(NCc2cnc3nc(C)[nH]c(=O)c3n2)cc1)C(=O)O. The van der Waals surface area contributed by atoms with E-state index in [9.17, 15) is 28.8 Å². The van der Waals surface area contributed by atoms with Crippen molar-refractivity contribution in [3.8, 4) is 0 Å². The first-order chi connectivity index (χ1) is 24.0. The van der Waals surface area contributed by atoms with Gasteiger partial charge in [0, 0.05) is 37.9 Å². The van der Waals surface area contributed by atoms with Crippen molar-refractivity contribution in [2.75, 3.05) is 65.2 Å². The van der Waals surface area contributed by atoms with E-state index in [1.54, 1.807) is 19.1 Å². The van der Waals surface area contributed by atoms with Gasteiger partial charge in [0.2, 0.25) is 5.91 Å². The van der Waals surface area contributed by atoms with Crippen molar-refractivity contribution in [3.05, 3.63) is 57.9 Å². The van der Waals surface area contributed by atoms with Gasteiger partial charge in [-0.1, -0.05) is 0 Å². The van der Waals surface area contributed by atoms with Crippen LogP contribution < -0.4 is 21.5 Å². The third-order valence-corrected chi connectivity index (χ3v) is 7.69. The van der Waals surface area contributed by atoms with Crippen LogP contribution in [0.1, 0.15) is 41.1 Å². The summed E-state index contributed by atoms with van der Waals surface area (Å²) in [6.45, 7) is 3.84. The zero-order valence-electron chi connectivity index (χ0n) is 27.7. The van der Waals surface area contributed by atoms with Gasteiger partial charge < -0.3 is 45.1 Å². The van der Waals surface area contributed by atoms with Crippen LogP contribution >= 0.6 is 7.82 Å². The Kier molecular flexibility index (Phi) is 16.8. The summed E-state index contributed by atoms with van der Waals surface area (Å²) in [7, 11) is -2.93. The number of amides is 2. The molecule has 2 unspecified atom stereocenters. The monoisotopic (exact) mass is 723 g/mol. The summed E-state index contributed by atoms with van der Waals surface area (Å²) in [4.78, 5) is 73.1. The van der Waals surface area contributed by atoms with Crippen molar-refractivity contribution in [2.24, 2.45) is 0 Å². The topological polar surface area (TPSA) is 263 Å². The van der Waals surface area contributed by atoms with Gasteiger partial charge in [-0.05, 0) is 44.0 Å². The van der Waals surface area contributed by atoms with E-state index >= 15 is 0 Å². The molecule has 0 aliphatic rings. The van der Waals surface area contributed by atoms with Crippen LogP contribution in [0.25, 0.3) is 11.2 Å². The Morgan fingerprint density at radius 2 is 1.64 bits per heavy atom. The summed E-state index contributed by atoms with van der Waals surface area (Å²) in [5, 5.41) is 17.9. The fraction of sp³-hybridized carbons (Fsp3) is 0.500. The molecular formula is C30H42N7O12P. The van der Waals surface area contributed by atoms with Crippen molar-refractivity contribution in [1.82, 2.24) is 30.6 Å². The number of nitrogens with zero attached hydrogens (tertiary/aromatic N) is 3. The molecule has 0 saturated carbocycles. The summed E-state index contributed by atoms with van der Waals surface area (Å²) < 4.78 is 35.9. The van der Waals surface area contributed by atoms with Gasteiger partial charge in [0.1, 0.15) is 11.9 Å². The van der Waals surface area contributed by atoms with Gasteiger partial charge in [0.25, 0.3) is 11.5 Å². The first kappa shape index (κ1) is 40.1. The van der Waals surface area contributed by atoms with Gasteiger partial charge in [-0.3, -0.25) is 23.4 Å². The molecule has 0 bridgehead atoms. The Balaban J connectivity index is 1.26. The number of aromatic amines is 1. The lowest BCUT2D eigenvalue weighted by Crippen LogP contribution is -2.41. The van der Waals surface area contributed by atoms with Gasteiger partial charge in [-0.15, -0.1) is 0 Å². The second-order valence-corrected chi connectivity index (χ2v) is 12.1. The van der Waals surface area contributed by atoms with E-state index in [2.05, 4.69) is 44.9 Å². The van der Waals surface area contributed by atoms with Gasteiger partial charge in [-0.2, -0.15) is 0 Å². The van der Waals surface area contributed by atoms with Crippen LogP contribution in [0, 0.1) is 6.92 Å². The number of aromatic nitrogens is 4. The summed E-state index contributed by atoms with van der Waals surface area (Å²) in [6.07, 6.45) is 1.84. The largest absolute Gasteiger partial charge is 0.480 e. The predicted molar refractivity (Wildman–Crippen MR) is 177 cm³/mol. The van der Waals surface area contributed by atoms with Crippen molar-refractivity contribution in [1.29, 1.82) is 0 Å². The summed E-state index contributed by atoms with van der Waals surface area (Å²) in [5.74, 6) is -1.78. The van der Waals surface area contributed by atoms with Gasteiger partial charge in [0.15, 0.2) is 11.2 Å². The maximum Gasteiger partial charge on any atom is 0.471 e. The molecular weight excluding hydrogens is 681 g/mol. The molecule has 3 rings (SSSR count). The first-order valence-electron chi connectivity index (χ1n) is 15.6. The summed E-state index contributed by atoms with van der Waals surface area (Å²) in [6, 6.07) is 5.06. The Labute approximate surface area is 287 Å². The second kappa shape index (κ2) is 21.0. The Hall–Kier alpha value is -4.36. The molecule has 1 aromatic carbocycles. The number of anilines is 1. The zero-order chi connectivity index (χ0) is 36.4. The number of carbonyl (C=O) groups is 3. The van der Waals surface area contributed by atoms with Gasteiger partial charge >= 0.3 is 13.8 Å². The molecule has 0 saturated heterocycles. The van der Waals surface area contributed by atoms with Crippen LogP contribution in [0.4, 0.5) is 5.69 Å². The minimum atomic E-state index is -4.00. The third kappa shape index (κ3) is 14.6. The van der Waals surface area contributed by atoms with Crippen molar-refractivity contribution < 1.29 is 52.2 Å². The number of fused-ring (bicyclic) bond motifs is 1. The van der Waals surface area contributed by atoms with Gasteiger partial charge in [0.05, 0.1) is 58.1 Å². The maximum atomic E-state index is 12.7. The number of rotatable bonds is 24. The maximum absolute atomic E-state index is 12.7. The first-order valence-corrected chi connectivity index (χ1v) is 17.1. The Morgan fingerprint density at radius 3 is 2.30 bits per heavy atom. The van der Waals surface area contributed by atoms with E-state index in [0.29, 0.717) is 56.6 Å². The van der Waals surface area contributed by atoms with Crippen molar-refractivity contribution >= 4 is 42.5 Å². The third-order valence-electron chi connectivity index (χ3n) is 6.71. The van der Waals surface area contributed by atoms with Crippen molar-refractivity contribution in [2.45, 2.75) is 38.8 Å². The lowest BCUT2D eigenvalue weighted by Gasteiger charge is -2.15. The van der Waals surface area contributed by atoms with E-state index in [1.165, 1.54) is 18.3 Å². The normalized spacial score (nSPS) is 13.0. The fourth-order valence-electron chi connectivity index (χ4n) is 4.15. The molecule has 20 heteroatoms. The number of aliphatic carboxylic acids is 1. The average molecular weight is 724 g/mol. The van der Waals surface area contributed by atoms with Crippen LogP contribution in [-0.4, -0.2) is 114 Å². The lowest BCUT2D eigenvalue weighted by atomic mass is 10.1. The highest BCUT2D eigenvalue weighted by atomic mass is 31.2. The second-order valence-electron chi connectivity index (χ2n) is 10.5. The zero-order valence-corrected chi connectivity index (χ0v) is 28.6. The number of carboxylic acid groups (broad SMARTS) is 1. The Morgan fingerprint density at radius 1 is 0.980 bits per heavy atom. The molecule has 2 amide bonds. The number of aryl methyl sites for hydroxylation is 1. The highest BCUT2D eigenvalue weighted by molar-refractivity contribution is 7.47. The highest BCUT2D eigenvalue weighted by Crippen LogP contribution is 2.41. The van der Waals surface area contributed by atoms with E-state index < -0.39 is 25.7 Å². The molecule has 0 fully saturated rings. The number of phosphoric acid groups is 1. The lowest BCUT2D eigenvalue weighted by molar-refractivity contribution is -0.139. The smallest absolute Gasteiger partial charge is 0.471 e. The van der Waals surface area contributed by atoms with Crippen LogP contribution in [-0.2, 0) is 44.0 Å². The Bertz CT molecular complexity index is 1660. The predicted octanol–water partition coefficient (Wildman–Crippen LogP) is 0.916.